The van der Waals surface area contributed by atoms with Crippen LogP contribution in [0.5, 0.6) is 5.75 Å². The highest BCUT2D eigenvalue weighted by molar-refractivity contribution is 6.42. The maximum absolute atomic E-state index is 10.3. The molecule has 0 saturated heterocycles. The lowest BCUT2D eigenvalue weighted by Gasteiger charge is -2.21. The minimum atomic E-state index is -0.620. The lowest BCUT2D eigenvalue weighted by molar-refractivity contribution is 0.124. The molecule has 2 aromatic rings. The molecular formula is C17H19Cl2NO2. The Bertz CT molecular complexity index is 634. The standard InChI is InChI=1S/C17H19Cl2NO2/c1-20(10-12-4-3-5-14(8-12)22-2)11-17(21)13-6-7-15(18)16(19)9-13/h3-9,17,21H,10-11H2,1-2H3/t17-/m1/s1. The van der Waals surface area contributed by atoms with E-state index in [1.165, 1.54) is 0 Å². The molecule has 0 unspecified atom stereocenters. The van der Waals surface area contributed by atoms with Crippen molar-refractivity contribution in [1.82, 2.24) is 4.90 Å². The second kappa shape index (κ2) is 7.84. The molecule has 0 fully saturated rings. The normalized spacial score (nSPS) is 12.5. The number of hydrogen-bond acceptors (Lipinski definition) is 3. The van der Waals surface area contributed by atoms with Gasteiger partial charge in [0.15, 0.2) is 0 Å². The van der Waals surface area contributed by atoms with Gasteiger partial charge in [0.2, 0.25) is 0 Å². The highest BCUT2D eigenvalue weighted by Gasteiger charge is 2.12. The monoisotopic (exact) mass is 339 g/mol. The molecule has 0 bridgehead atoms. The third-order valence-corrected chi connectivity index (χ3v) is 4.14. The van der Waals surface area contributed by atoms with Gasteiger partial charge >= 0.3 is 0 Å². The summed E-state index contributed by atoms with van der Waals surface area (Å²) in [4.78, 5) is 2.04. The molecule has 0 aliphatic carbocycles. The second-order valence-corrected chi connectivity index (χ2v) is 6.05. The number of benzene rings is 2. The van der Waals surface area contributed by atoms with Crippen LogP contribution in [-0.4, -0.2) is 30.7 Å². The van der Waals surface area contributed by atoms with Crippen LogP contribution in [0.2, 0.25) is 10.0 Å². The van der Waals surface area contributed by atoms with E-state index in [9.17, 15) is 5.11 Å². The van der Waals surface area contributed by atoms with Gasteiger partial charge in [-0.15, -0.1) is 0 Å². The van der Waals surface area contributed by atoms with Crippen molar-refractivity contribution in [2.24, 2.45) is 0 Å². The first-order valence-corrected chi connectivity index (χ1v) is 7.69. The number of aliphatic hydroxyl groups is 1. The first-order chi connectivity index (χ1) is 10.5. The first-order valence-electron chi connectivity index (χ1n) is 6.94. The van der Waals surface area contributed by atoms with Crippen LogP contribution in [0.15, 0.2) is 42.5 Å². The van der Waals surface area contributed by atoms with Gasteiger partial charge in [0.1, 0.15) is 5.75 Å². The Morgan fingerprint density at radius 3 is 2.59 bits per heavy atom. The van der Waals surface area contributed by atoms with Gasteiger partial charge in [0, 0.05) is 13.1 Å². The Balaban J connectivity index is 1.98. The molecule has 1 atom stereocenters. The lowest BCUT2D eigenvalue weighted by atomic mass is 10.1. The summed E-state index contributed by atoms with van der Waals surface area (Å²) in [6, 6.07) is 13.1. The summed E-state index contributed by atoms with van der Waals surface area (Å²) in [5, 5.41) is 11.3. The molecule has 5 heteroatoms. The van der Waals surface area contributed by atoms with Crippen molar-refractivity contribution in [3.05, 3.63) is 63.6 Å². The number of aliphatic hydroxyl groups excluding tert-OH is 1. The van der Waals surface area contributed by atoms with E-state index in [4.69, 9.17) is 27.9 Å². The van der Waals surface area contributed by atoms with Crippen LogP contribution < -0.4 is 4.74 Å². The van der Waals surface area contributed by atoms with E-state index in [1.54, 1.807) is 25.3 Å². The predicted molar refractivity (Wildman–Crippen MR) is 90.7 cm³/mol. The molecule has 0 radical (unpaired) electrons. The van der Waals surface area contributed by atoms with E-state index < -0.39 is 6.10 Å². The molecule has 2 aromatic carbocycles. The Morgan fingerprint density at radius 1 is 1.14 bits per heavy atom. The summed E-state index contributed by atoms with van der Waals surface area (Å²) in [7, 11) is 3.61. The molecule has 1 N–H and O–H groups in total. The van der Waals surface area contributed by atoms with Crippen molar-refractivity contribution in [1.29, 1.82) is 0 Å². The van der Waals surface area contributed by atoms with Crippen LogP contribution in [-0.2, 0) is 6.54 Å². The predicted octanol–water partition coefficient (Wildman–Crippen LogP) is 4.17. The highest BCUT2D eigenvalue weighted by Crippen LogP contribution is 2.26. The second-order valence-electron chi connectivity index (χ2n) is 5.24. The molecule has 3 nitrogen and oxygen atoms in total. The third-order valence-electron chi connectivity index (χ3n) is 3.40. The van der Waals surface area contributed by atoms with Crippen molar-refractivity contribution in [2.45, 2.75) is 12.6 Å². The zero-order valence-corrected chi connectivity index (χ0v) is 14.1. The smallest absolute Gasteiger partial charge is 0.119 e. The van der Waals surface area contributed by atoms with Crippen molar-refractivity contribution in [2.75, 3.05) is 20.7 Å². The average Bonchev–Trinajstić information content (AvgIpc) is 2.50. The average molecular weight is 340 g/mol. The number of likely N-dealkylation sites (N-methyl/N-ethyl adjacent to an activating group) is 1. The minimum absolute atomic E-state index is 0.452. The lowest BCUT2D eigenvalue weighted by Crippen LogP contribution is -2.24. The zero-order chi connectivity index (χ0) is 16.1. The summed E-state index contributed by atoms with van der Waals surface area (Å²) >= 11 is 11.9. The first kappa shape index (κ1) is 17.1. The van der Waals surface area contributed by atoms with Crippen molar-refractivity contribution >= 4 is 23.2 Å². The highest BCUT2D eigenvalue weighted by atomic mass is 35.5. The van der Waals surface area contributed by atoms with Gasteiger partial charge in [-0.05, 0) is 42.4 Å². The summed E-state index contributed by atoms with van der Waals surface area (Å²) in [6.45, 7) is 1.21. The van der Waals surface area contributed by atoms with Crippen molar-refractivity contribution in [3.8, 4) is 5.75 Å². The maximum Gasteiger partial charge on any atom is 0.119 e. The number of halogens is 2. The van der Waals surface area contributed by atoms with Crippen molar-refractivity contribution in [3.63, 3.8) is 0 Å². The molecule has 0 spiro atoms. The molecule has 22 heavy (non-hydrogen) atoms. The Morgan fingerprint density at radius 2 is 1.91 bits per heavy atom. The topological polar surface area (TPSA) is 32.7 Å². The molecule has 0 heterocycles. The van der Waals surface area contributed by atoms with Gasteiger partial charge in [-0.2, -0.15) is 0 Å². The van der Waals surface area contributed by atoms with Crippen LogP contribution in [0.25, 0.3) is 0 Å². The third kappa shape index (κ3) is 4.62. The van der Waals surface area contributed by atoms with Crippen LogP contribution >= 0.6 is 23.2 Å². The van der Waals surface area contributed by atoms with Crippen LogP contribution in [0.1, 0.15) is 17.2 Å². The fraction of sp³-hybridized carbons (Fsp3) is 0.294. The van der Waals surface area contributed by atoms with E-state index in [2.05, 4.69) is 0 Å². The summed E-state index contributed by atoms with van der Waals surface area (Å²) in [6.07, 6.45) is -0.620. The quantitative estimate of drug-likeness (QED) is 0.857. The van der Waals surface area contributed by atoms with Gasteiger partial charge in [-0.3, -0.25) is 4.90 Å². The van der Waals surface area contributed by atoms with E-state index in [0.29, 0.717) is 16.6 Å². The molecule has 2 rings (SSSR count). The SMILES string of the molecule is COc1cccc(CN(C)C[C@@H](O)c2ccc(Cl)c(Cl)c2)c1. The largest absolute Gasteiger partial charge is 0.497 e. The Labute approximate surface area is 141 Å². The maximum atomic E-state index is 10.3. The number of hydrogen-bond donors (Lipinski definition) is 1. The summed E-state index contributed by atoms with van der Waals surface area (Å²) < 4.78 is 5.22. The summed E-state index contributed by atoms with van der Waals surface area (Å²) in [5.41, 5.74) is 1.88. The minimum Gasteiger partial charge on any atom is -0.497 e. The van der Waals surface area contributed by atoms with E-state index in [0.717, 1.165) is 23.4 Å². The van der Waals surface area contributed by atoms with Crippen LogP contribution in [0, 0.1) is 0 Å². The van der Waals surface area contributed by atoms with Crippen LogP contribution in [0.4, 0.5) is 0 Å². The fourth-order valence-electron chi connectivity index (χ4n) is 2.27. The van der Waals surface area contributed by atoms with Gasteiger partial charge in [-0.25, -0.2) is 0 Å². The zero-order valence-electron chi connectivity index (χ0n) is 12.6. The number of ether oxygens (including phenoxy) is 1. The molecule has 0 saturated carbocycles. The Kier molecular flexibility index (Phi) is 6.09. The molecule has 0 aliphatic heterocycles. The van der Waals surface area contributed by atoms with Gasteiger partial charge in [0.25, 0.3) is 0 Å². The summed E-state index contributed by atoms with van der Waals surface area (Å²) in [5.74, 6) is 0.830. The molecule has 0 aromatic heterocycles. The number of nitrogens with zero attached hydrogens (tertiary/aromatic N) is 1. The number of methoxy groups -OCH3 is 1. The van der Waals surface area contributed by atoms with Crippen molar-refractivity contribution < 1.29 is 9.84 Å². The van der Waals surface area contributed by atoms with E-state index >= 15 is 0 Å². The molecule has 118 valence electrons. The molecule has 0 amide bonds. The fourth-order valence-corrected chi connectivity index (χ4v) is 2.57. The van der Waals surface area contributed by atoms with Gasteiger partial charge in [-0.1, -0.05) is 41.4 Å². The van der Waals surface area contributed by atoms with E-state index in [1.807, 2.05) is 36.2 Å². The Hall–Kier alpha value is -1.26. The molecular weight excluding hydrogens is 321 g/mol. The van der Waals surface area contributed by atoms with Crippen LogP contribution in [0.3, 0.4) is 0 Å². The van der Waals surface area contributed by atoms with Gasteiger partial charge < -0.3 is 9.84 Å². The van der Waals surface area contributed by atoms with E-state index in [-0.39, 0.29) is 0 Å². The molecule has 0 aliphatic rings. The van der Waals surface area contributed by atoms with Gasteiger partial charge in [0.05, 0.1) is 23.3 Å². The number of rotatable bonds is 6.